The summed E-state index contributed by atoms with van der Waals surface area (Å²) in [6.07, 6.45) is 5.92. The Morgan fingerprint density at radius 3 is 2.70 bits per heavy atom. The summed E-state index contributed by atoms with van der Waals surface area (Å²) in [4.78, 5) is 11.9. The number of hydrogen-bond acceptors (Lipinski definition) is 2. The molecule has 2 aromatic rings. The second kappa shape index (κ2) is 7.86. The Hall–Kier alpha value is -2.23. The van der Waals surface area contributed by atoms with Crippen molar-refractivity contribution in [2.45, 2.75) is 38.1 Å². The lowest BCUT2D eigenvalue weighted by Crippen LogP contribution is -2.44. The van der Waals surface area contributed by atoms with Gasteiger partial charge >= 0.3 is 6.03 Å². The minimum Gasteiger partial charge on any atom is -0.491 e. The molecular weight excluding hydrogens is 288 g/mol. The van der Waals surface area contributed by atoms with Crippen LogP contribution in [-0.4, -0.2) is 25.2 Å². The van der Waals surface area contributed by atoms with E-state index in [0.717, 1.165) is 29.4 Å². The van der Waals surface area contributed by atoms with E-state index in [-0.39, 0.29) is 6.03 Å². The van der Waals surface area contributed by atoms with Crippen molar-refractivity contribution in [3.63, 3.8) is 0 Å². The second-order valence-corrected chi connectivity index (χ2v) is 6.06. The van der Waals surface area contributed by atoms with Crippen LogP contribution in [0.25, 0.3) is 10.8 Å². The molecule has 0 spiro atoms. The number of nitrogens with one attached hydrogen (secondary N) is 2. The number of ether oxygens (including phenoxy) is 1. The zero-order chi connectivity index (χ0) is 15.9. The average molecular weight is 312 g/mol. The smallest absolute Gasteiger partial charge is 0.315 e. The van der Waals surface area contributed by atoms with Crippen LogP contribution in [0.1, 0.15) is 32.1 Å². The lowest BCUT2D eigenvalue weighted by Gasteiger charge is -2.22. The van der Waals surface area contributed by atoms with Gasteiger partial charge in [0, 0.05) is 11.4 Å². The molecule has 0 bridgehead atoms. The van der Waals surface area contributed by atoms with Crippen LogP contribution in [0, 0.1) is 0 Å². The summed E-state index contributed by atoms with van der Waals surface area (Å²) in [7, 11) is 0. The molecule has 0 aliphatic heterocycles. The third kappa shape index (κ3) is 4.38. The van der Waals surface area contributed by atoms with E-state index in [1.54, 1.807) is 0 Å². The zero-order valence-corrected chi connectivity index (χ0v) is 13.4. The predicted octanol–water partition coefficient (Wildman–Crippen LogP) is 3.85. The van der Waals surface area contributed by atoms with E-state index in [1.165, 1.54) is 19.3 Å². The highest BCUT2D eigenvalue weighted by Gasteiger charge is 2.15. The van der Waals surface area contributed by atoms with Crippen LogP contribution in [-0.2, 0) is 0 Å². The van der Waals surface area contributed by atoms with Gasteiger partial charge in [-0.15, -0.1) is 0 Å². The van der Waals surface area contributed by atoms with E-state index in [2.05, 4.69) is 22.8 Å². The van der Waals surface area contributed by atoms with E-state index in [1.807, 2.05) is 30.3 Å². The molecule has 2 aromatic carbocycles. The van der Waals surface area contributed by atoms with Gasteiger partial charge in [-0.05, 0) is 24.3 Å². The number of rotatable bonds is 5. The highest BCUT2D eigenvalue weighted by molar-refractivity contribution is 5.88. The third-order valence-electron chi connectivity index (χ3n) is 4.34. The summed E-state index contributed by atoms with van der Waals surface area (Å²) in [5, 5.41) is 8.17. The van der Waals surface area contributed by atoms with Gasteiger partial charge in [0.05, 0.1) is 6.54 Å². The van der Waals surface area contributed by atoms with E-state index >= 15 is 0 Å². The highest BCUT2D eigenvalue weighted by atomic mass is 16.5. The first-order valence-electron chi connectivity index (χ1n) is 8.48. The van der Waals surface area contributed by atoms with Crippen LogP contribution in [0.3, 0.4) is 0 Å². The van der Waals surface area contributed by atoms with Gasteiger partial charge < -0.3 is 15.4 Å². The van der Waals surface area contributed by atoms with E-state index in [4.69, 9.17) is 4.74 Å². The van der Waals surface area contributed by atoms with Crippen molar-refractivity contribution in [3.8, 4) is 5.75 Å². The minimum atomic E-state index is -0.0848. The van der Waals surface area contributed by atoms with Gasteiger partial charge in [-0.1, -0.05) is 55.7 Å². The van der Waals surface area contributed by atoms with Gasteiger partial charge in [0.1, 0.15) is 12.4 Å². The molecule has 2 amide bonds. The lowest BCUT2D eigenvalue weighted by atomic mass is 9.96. The fourth-order valence-corrected chi connectivity index (χ4v) is 3.13. The van der Waals surface area contributed by atoms with Crippen LogP contribution >= 0.6 is 0 Å². The fraction of sp³-hybridized carbons (Fsp3) is 0.421. The molecular formula is C19H24N2O2. The number of benzene rings is 2. The molecule has 3 rings (SSSR count). The molecule has 1 fully saturated rings. The number of carbonyl (C=O) groups is 1. The monoisotopic (exact) mass is 312 g/mol. The normalized spacial score (nSPS) is 15.3. The maximum absolute atomic E-state index is 11.9. The first-order valence-corrected chi connectivity index (χ1v) is 8.48. The summed E-state index contributed by atoms with van der Waals surface area (Å²) >= 11 is 0. The quantitative estimate of drug-likeness (QED) is 0.824. The molecule has 4 nitrogen and oxygen atoms in total. The standard InChI is InChI=1S/C19H24N2O2/c22-19(21-16-9-2-1-3-10-16)20-13-14-23-18-12-6-8-15-7-4-5-11-17(15)18/h4-8,11-12,16H,1-3,9-10,13-14H2,(H2,20,21,22). The largest absolute Gasteiger partial charge is 0.491 e. The molecule has 0 saturated heterocycles. The summed E-state index contributed by atoms with van der Waals surface area (Å²) < 4.78 is 5.82. The highest BCUT2D eigenvalue weighted by Crippen LogP contribution is 2.24. The fourth-order valence-electron chi connectivity index (χ4n) is 3.13. The summed E-state index contributed by atoms with van der Waals surface area (Å²) in [5.74, 6) is 0.859. The summed E-state index contributed by atoms with van der Waals surface area (Å²) in [6, 6.07) is 14.4. The van der Waals surface area contributed by atoms with Crippen molar-refractivity contribution >= 4 is 16.8 Å². The molecule has 122 valence electrons. The number of fused-ring (bicyclic) bond motifs is 1. The predicted molar refractivity (Wildman–Crippen MR) is 92.9 cm³/mol. The Kier molecular flexibility index (Phi) is 5.35. The Morgan fingerprint density at radius 1 is 1.04 bits per heavy atom. The summed E-state index contributed by atoms with van der Waals surface area (Å²) in [6.45, 7) is 0.966. The maximum Gasteiger partial charge on any atom is 0.315 e. The molecule has 0 heterocycles. The minimum absolute atomic E-state index is 0.0848. The van der Waals surface area contributed by atoms with Crippen LogP contribution in [0.15, 0.2) is 42.5 Å². The van der Waals surface area contributed by atoms with Gasteiger partial charge in [0.25, 0.3) is 0 Å². The molecule has 0 atom stereocenters. The molecule has 1 saturated carbocycles. The maximum atomic E-state index is 11.9. The lowest BCUT2D eigenvalue weighted by molar-refractivity contribution is 0.229. The molecule has 23 heavy (non-hydrogen) atoms. The van der Waals surface area contributed by atoms with Crippen molar-refractivity contribution in [1.29, 1.82) is 0 Å². The Bertz CT molecular complexity index is 645. The van der Waals surface area contributed by atoms with Gasteiger partial charge in [-0.25, -0.2) is 4.79 Å². The molecule has 4 heteroatoms. The SMILES string of the molecule is O=C(NCCOc1cccc2ccccc12)NC1CCCCC1. The molecule has 0 radical (unpaired) electrons. The molecule has 1 aliphatic rings. The van der Waals surface area contributed by atoms with Crippen molar-refractivity contribution in [3.05, 3.63) is 42.5 Å². The number of carbonyl (C=O) groups excluding carboxylic acids is 1. The van der Waals surface area contributed by atoms with E-state index in [0.29, 0.717) is 19.2 Å². The zero-order valence-electron chi connectivity index (χ0n) is 13.4. The van der Waals surface area contributed by atoms with Crippen LogP contribution in [0.2, 0.25) is 0 Å². The van der Waals surface area contributed by atoms with Crippen LogP contribution in [0.4, 0.5) is 4.79 Å². The topological polar surface area (TPSA) is 50.4 Å². The van der Waals surface area contributed by atoms with Gasteiger partial charge in [-0.2, -0.15) is 0 Å². The van der Waals surface area contributed by atoms with Crippen molar-refractivity contribution in [2.75, 3.05) is 13.2 Å². The molecule has 0 aromatic heterocycles. The Labute approximate surface area is 137 Å². The van der Waals surface area contributed by atoms with Crippen molar-refractivity contribution in [1.82, 2.24) is 10.6 Å². The molecule has 0 unspecified atom stereocenters. The Balaban J connectivity index is 1.43. The van der Waals surface area contributed by atoms with Gasteiger partial charge in [0.2, 0.25) is 0 Å². The third-order valence-corrected chi connectivity index (χ3v) is 4.34. The summed E-state index contributed by atoms with van der Waals surface area (Å²) in [5.41, 5.74) is 0. The van der Waals surface area contributed by atoms with Gasteiger partial charge in [0.15, 0.2) is 0 Å². The number of amides is 2. The Morgan fingerprint density at radius 2 is 1.83 bits per heavy atom. The molecule has 1 aliphatic carbocycles. The van der Waals surface area contributed by atoms with Gasteiger partial charge in [-0.3, -0.25) is 0 Å². The van der Waals surface area contributed by atoms with Crippen LogP contribution < -0.4 is 15.4 Å². The van der Waals surface area contributed by atoms with E-state index in [9.17, 15) is 4.79 Å². The number of hydrogen-bond donors (Lipinski definition) is 2. The van der Waals surface area contributed by atoms with Crippen molar-refractivity contribution < 1.29 is 9.53 Å². The first kappa shape index (κ1) is 15.7. The van der Waals surface area contributed by atoms with Crippen LogP contribution in [0.5, 0.6) is 5.75 Å². The van der Waals surface area contributed by atoms with E-state index < -0.39 is 0 Å². The van der Waals surface area contributed by atoms with Crippen molar-refractivity contribution in [2.24, 2.45) is 0 Å². The number of urea groups is 1. The molecule has 2 N–H and O–H groups in total. The average Bonchev–Trinajstić information content (AvgIpc) is 2.60. The first-order chi connectivity index (χ1) is 11.3. The second-order valence-electron chi connectivity index (χ2n) is 6.06.